The van der Waals surface area contributed by atoms with Gasteiger partial charge in [0.1, 0.15) is 11.6 Å². The van der Waals surface area contributed by atoms with E-state index in [2.05, 4.69) is 12.2 Å². The molecule has 0 saturated heterocycles. The first-order valence-electron chi connectivity index (χ1n) is 7.89. The van der Waals surface area contributed by atoms with Crippen molar-refractivity contribution in [1.29, 1.82) is 0 Å². The van der Waals surface area contributed by atoms with E-state index >= 15 is 0 Å². The van der Waals surface area contributed by atoms with Crippen LogP contribution in [0.1, 0.15) is 63.5 Å². The van der Waals surface area contributed by atoms with E-state index in [1.54, 1.807) is 0 Å². The quantitative estimate of drug-likeness (QED) is 0.743. The average Bonchev–Trinajstić information content (AvgIpc) is 2.94. The third kappa shape index (κ3) is 4.02. The standard InChI is InChI=1S/C17H25F2N/c1-2-12-20-16(11-10-13-6-3-4-7-13)17-14(18)8-5-9-15(17)19/h5,8-9,13,16,20H,2-4,6-7,10-12H2,1H3. The Morgan fingerprint density at radius 1 is 1.20 bits per heavy atom. The maximum atomic E-state index is 13.9. The van der Waals surface area contributed by atoms with Crippen molar-refractivity contribution in [2.75, 3.05) is 6.54 Å². The smallest absolute Gasteiger partial charge is 0.130 e. The van der Waals surface area contributed by atoms with E-state index in [9.17, 15) is 8.78 Å². The minimum absolute atomic E-state index is 0.197. The Balaban J connectivity index is 2.05. The number of benzene rings is 1. The van der Waals surface area contributed by atoms with Crippen LogP contribution in [-0.2, 0) is 0 Å². The van der Waals surface area contributed by atoms with Gasteiger partial charge in [-0.2, -0.15) is 0 Å². The van der Waals surface area contributed by atoms with Crippen LogP contribution in [0.2, 0.25) is 0 Å². The summed E-state index contributed by atoms with van der Waals surface area (Å²) in [7, 11) is 0. The molecule has 1 atom stereocenters. The molecule has 0 bridgehead atoms. The van der Waals surface area contributed by atoms with Gasteiger partial charge in [-0.3, -0.25) is 0 Å². The molecule has 1 aliphatic rings. The Kier molecular flexibility index (Phi) is 5.96. The Bertz CT molecular complexity index is 393. The lowest BCUT2D eigenvalue weighted by atomic mass is 9.94. The predicted molar refractivity (Wildman–Crippen MR) is 78.6 cm³/mol. The van der Waals surface area contributed by atoms with Crippen molar-refractivity contribution in [3.05, 3.63) is 35.4 Å². The van der Waals surface area contributed by atoms with Crippen molar-refractivity contribution in [2.24, 2.45) is 5.92 Å². The summed E-state index contributed by atoms with van der Waals surface area (Å²) in [5, 5.41) is 3.31. The van der Waals surface area contributed by atoms with Crippen LogP contribution in [0.3, 0.4) is 0 Å². The van der Waals surface area contributed by atoms with Crippen molar-refractivity contribution in [3.63, 3.8) is 0 Å². The molecule has 0 heterocycles. The van der Waals surface area contributed by atoms with E-state index in [1.807, 2.05) is 0 Å². The number of hydrogen-bond donors (Lipinski definition) is 1. The second-order valence-corrected chi connectivity index (χ2v) is 5.87. The zero-order valence-electron chi connectivity index (χ0n) is 12.3. The lowest BCUT2D eigenvalue weighted by molar-refractivity contribution is 0.391. The molecular formula is C17H25F2N. The lowest BCUT2D eigenvalue weighted by Crippen LogP contribution is -2.24. The first kappa shape index (κ1) is 15.4. The van der Waals surface area contributed by atoms with Gasteiger partial charge in [-0.05, 0) is 43.9 Å². The molecule has 1 aromatic carbocycles. The van der Waals surface area contributed by atoms with Crippen LogP contribution in [0.4, 0.5) is 8.78 Å². The normalized spacial score (nSPS) is 17.6. The van der Waals surface area contributed by atoms with Gasteiger partial charge in [-0.1, -0.05) is 38.7 Å². The molecule has 3 heteroatoms. The highest BCUT2D eigenvalue weighted by Gasteiger charge is 2.22. The number of nitrogens with one attached hydrogen (secondary N) is 1. The van der Waals surface area contributed by atoms with Crippen molar-refractivity contribution < 1.29 is 8.78 Å². The summed E-state index contributed by atoms with van der Waals surface area (Å²) in [5.41, 5.74) is 0.221. The third-order valence-corrected chi connectivity index (χ3v) is 4.33. The van der Waals surface area contributed by atoms with Gasteiger partial charge in [0.25, 0.3) is 0 Å². The molecule has 1 aromatic rings. The van der Waals surface area contributed by atoms with Crippen molar-refractivity contribution in [1.82, 2.24) is 5.32 Å². The highest BCUT2D eigenvalue weighted by Crippen LogP contribution is 2.32. The minimum atomic E-state index is -0.426. The largest absolute Gasteiger partial charge is 0.310 e. The zero-order chi connectivity index (χ0) is 14.4. The van der Waals surface area contributed by atoms with Crippen LogP contribution in [0.25, 0.3) is 0 Å². The number of rotatable bonds is 7. The monoisotopic (exact) mass is 281 g/mol. The van der Waals surface area contributed by atoms with Crippen molar-refractivity contribution >= 4 is 0 Å². The highest BCUT2D eigenvalue weighted by molar-refractivity contribution is 5.23. The molecule has 1 nitrogen and oxygen atoms in total. The molecule has 0 aliphatic heterocycles. The van der Waals surface area contributed by atoms with Crippen LogP contribution in [0.5, 0.6) is 0 Å². The first-order valence-corrected chi connectivity index (χ1v) is 7.89. The van der Waals surface area contributed by atoms with Crippen molar-refractivity contribution in [3.8, 4) is 0 Å². The Hall–Kier alpha value is -0.960. The zero-order valence-corrected chi connectivity index (χ0v) is 12.3. The summed E-state index contributed by atoms with van der Waals surface area (Å²) >= 11 is 0. The summed E-state index contributed by atoms with van der Waals surface area (Å²) in [4.78, 5) is 0. The van der Waals surface area contributed by atoms with Gasteiger partial charge in [0.2, 0.25) is 0 Å². The summed E-state index contributed by atoms with van der Waals surface area (Å²) in [5.74, 6) is -0.106. The van der Waals surface area contributed by atoms with Gasteiger partial charge in [-0.15, -0.1) is 0 Å². The Morgan fingerprint density at radius 2 is 1.85 bits per heavy atom. The number of hydrogen-bond acceptors (Lipinski definition) is 1. The van der Waals surface area contributed by atoms with Crippen LogP contribution >= 0.6 is 0 Å². The third-order valence-electron chi connectivity index (χ3n) is 4.33. The van der Waals surface area contributed by atoms with E-state index in [-0.39, 0.29) is 11.6 Å². The highest BCUT2D eigenvalue weighted by atomic mass is 19.1. The second-order valence-electron chi connectivity index (χ2n) is 5.87. The molecule has 1 N–H and O–H groups in total. The molecule has 1 fully saturated rings. The maximum Gasteiger partial charge on any atom is 0.130 e. The molecular weight excluding hydrogens is 256 g/mol. The van der Waals surface area contributed by atoms with E-state index in [0.717, 1.165) is 31.7 Å². The van der Waals surface area contributed by atoms with Gasteiger partial charge in [0.05, 0.1) is 0 Å². The molecule has 1 saturated carbocycles. The number of halogens is 2. The molecule has 112 valence electrons. The molecule has 0 aromatic heterocycles. The fraction of sp³-hybridized carbons (Fsp3) is 0.647. The topological polar surface area (TPSA) is 12.0 Å². The molecule has 0 spiro atoms. The SMILES string of the molecule is CCCNC(CCC1CCCC1)c1c(F)cccc1F. The first-order chi connectivity index (χ1) is 9.72. The fourth-order valence-electron chi connectivity index (χ4n) is 3.21. The van der Waals surface area contributed by atoms with Gasteiger partial charge < -0.3 is 5.32 Å². The summed E-state index contributed by atoms with van der Waals surface area (Å²) < 4.78 is 27.9. The molecule has 1 aliphatic carbocycles. The molecule has 0 radical (unpaired) electrons. The van der Waals surface area contributed by atoms with Crippen LogP contribution < -0.4 is 5.32 Å². The Labute approximate surface area is 120 Å². The molecule has 2 rings (SSSR count). The molecule has 1 unspecified atom stereocenters. The molecule has 20 heavy (non-hydrogen) atoms. The lowest BCUT2D eigenvalue weighted by Gasteiger charge is -2.21. The van der Waals surface area contributed by atoms with Crippen LogP contribution in [0, 0.1) is 17.6 Å². The van der Waals surface area contributed by atoms with Crippen LogP contribution in [0.15, 0.2) is 18.2 Å². The van der Waals surface area contributed by atoms with E-state index in [1.165, 1.54) is 43.9 Å². The van der Waals surface area contributed by atoms with Crippen LogP contribution in [-0.4, -0.2) is 6.54 Å². The van der Waals surface area contributed by atoms with E-state index in [4.69, 9.17) is 0 Å². The van der Waals surface area contributed by atoms with Gasteiger partial charge in [0.15, 0.2) is 0 Å². The molecule has 0 amide bonds. The minimum Gasteiger partial charge on any atom is -0.310 e. The maximum absolute atomic E-state index is 13.9. The Morgan fingerprint density at radius 3 is 2.45 bits per heavy atom. The van der Waals surface area contributed by atoms with E-state index in [0.29, 0.717) is 0 Å². The summed E-state index contributed by atoms with van der Waals surface area (Å²) in [6.45, 7) is 2.86. The van der Waals surface area contributed by atoms with Gasteiger partial charge in [0, 0.05) is 11.6 Å². The fourth-order valence-corrected chi connectivity index (χ4v) is 3.21. The second kappa shape index (κ2) is 7.72. The summed E-state index contributed by atoms with van der Waals surface area (Å²) in [6, 6.07) is 3.95. The van der Waals surface area contributed by atoms with Gasteiger partial charge in [-0.25, -0.2) is 8.78 Å². The van der Waals surface area contributed by atoms with Crippen molar-refractivity contribution in [2.45, 2.75) is 57.9 Å². The van der Waals surface area contributed by atoms with Gasteiger partial charge >= 0.3 is 0 Å². The predicted octanol–water partition coefficient (Wildman–Crippen LogP) is 4.98. The average molecular weight is 281 g/mol. The van der Waals surface area contributed by atoms with E-state index < -0.39 is 11.6 Å². The summed E-state index contributed by atoms with van der Waals surface area (Å²) in [6.07, 6.45) is 8.03.